The van der Waals surface area contributed by atoms with E-state index in [4.69, 9.17) is 14.2 Å². The average Bonchev–Trinajstić information content (AvgIpc) is 3.20. The molecule has 0 saturated carbocycles. The summed E-state index contributed by atoms with van der Waals surface area (Å²) in [5.74, 6) is 4.57. The summed E-state index contributed by atoms with van der Waals surface area (Å²) in [5.41, 5.74) is 8.46. The minimum atomic E-state index is 0.738. The molecule has 0 saturated heterocycles. The summed E-state index contributed by atoms with van der Waals surface area (Å²) in [6.45, 7) is 0. The van der Waals surface area contributed by atoms with Crippen molar-refractivity contribution in [2.45, 2.75) is 0 Å². The molecule has 0 radical (unpaired) electrons. The third kappa shape index (κ3) is 7.44. The van der Waals surface area contributed by atoms with Gasteiger partial charge in [-0.3, -0.25) is 0 Å². The molecule has 0 fully saturated rings. The van der Waals surface area contributed by atoms with Crippen molar-refractivity contribution in [3.63, 3.8) is 0 Å². The van der Waals surface area contributed by atoms with Gasteiger partial charge in [0.25, 0.3) is 0 Å². The molecule has 0 spiro atoms. The molecule has 8 aromatic carbocycles. The molecule has 0 aromatic heterocycles. The lowest BCUT2D eigenvalue weighted by molar-refractivity contribution is 0.477. The van der Waals surface area contributed by atoms with Crippen LogP contribution in [0.4, 0.5) is 0 Å². The summed E-state index contributed by atoms with van der Waals surface area (Å²) in [6.07, 6.45) is 0. The third-order valence-corrected chi connectivity index (χ3v) is 8.66. The van der Waals surface area contributed by atoms with Gasteiger partial charge < -0.3 is 14.2 Å². The molecule has 0 aliphatic heterocycles. The van der Waals surface area contributed by atoms with E-state index in [0.717, 1.165) is 79.0 Å². The second kappa shape index (κ2) is 14.7. The topological polar surface area (TPSA) is 27.7 Å². The summed E-state index contributed by atoms with van der Waals surface area (Å²) in [7, 11) is 0. The maximum atomic E-state index is 6.62. The van der Waals surface area contributed by atoms with E-state index in [9.17, 15) is 0 Å². The molecule has 0 heterocycles. The maximum Gasteiger partial charge on any atom is 0.136 e. The average molecular weight is 659 g/mol. The number of ether oxygens (including phenoxy) is 3. The van der Waals surface area contributed by atoms with E-state index in [0.29, 0.717) is 0 Å². The Morgan fingerprint density at radius 3 is 1.27 bits per heavy atom. The molecular formula is C48H34O3. The third-order valence-electron chi connectivity index (χ3n) is 8.66. The fourth-order valence-electron chi connectivity index (χ4n) is 6.12. The number of hydrogen-bond donors (Lipinski definition) is 0. The summed E-state index contributed by atoms with van der Waals surface area (Å²) in [6, 6.07) is 69.4. The van der Waals surface area contributed by atoms with Crippen LogP contribution >= 0.6 is 0 Å². The lowest BCUT2D eigenvalue weighted by atomic mass is 9.98. The zero-order valence-corrected chi connectivity index (χ0v) is 27.9. The number of benzene rings is 8. The van der Waals surface area contributed by atoms with Crippen molar-refractivity contribution in [3.8, 4) is 79.0 Å². The van der Waals surface area contributed by atoms with Gasteiger partial charge in [0, 0.05) is 11.1 Å². The van der Waals surface area contributed by atoms with Crippen LogP contribution in [0.3, 0.4) is 0 Å². The first-order chi connectivity index (χ1) is 25.2. The van der Waals surface area contributed by atoms with Crippen LogP contribution in [0, 0.1) is 0 Å². The molecule has 0 aliphatic rings. The molecule has 0 bridgehead atoms. The fourth-order valence-corrected chi connectivity index (χ4v) is 6.12. The smallest absolute Gasteiger partial charge is 0.136 e. The minimum Gasteiger partial charge on any atom is -0.457 e. The van der Waals surface area contributed by atoms with Crippen LogP contribution in [-0.4, -0.2) is 0 Å². The highest BCUT2D eigenvalue weighted by atomic mass is 16.5. The van der Waals surface area contributed by atoms with Gasteiger partial charge >= 0.3 is 0 Å². The standard InChI is InChI=1S/C48H34O3/c1-4-14-35(15-5-1)38-18-12-22-43(32-38)49-42-29-26-37(27-30-42)39-19-13-23-44(33-39)51-47-25-11-10-24-45(47)46-31-28-40(36-16-6-2-7-17-36)34-48(46)50-41-20-8-3-9-21-41/h1-34H. The van der Waals surface area contributed by atoms with E-state index in [1.165, 1.54) is 0 Å². The van der Waals surface area contributed by atoms with Gasteiger partial charge in [-0.15, -0.1) is 0 Å². The van der Waals surface area contributed by atoms with Crippen LogP contribution < -0.4 is 14.2 Å². The van der Waals surface area contributed by atoms with Gasteiger partial charge in [0.05, 0.1) is 0 Å². The van der Waals surface area contributed by atoms with E-state index in [-0.39, 0.29) is 0 Å². The lowest BCUT2D eigenvalue weighted by Crippen LogP contribution is -1.93. The normalized spacial score (nSPS) is 10.7. The SMILES string of the molecule is c1ccc(Oc2cc(-c3ccccc3)ccc2-c2ccccc2Oc2cccc(-c3ccc(Oc4cccc(-c5ccccc5)c4)cc3)c2)cc1. The van der Waals surface area contributed by atoms with Gasteiger partial charge in [-0.2, -0.15) is 0 Å². The number of hydrogen-bond acceptors (Lipinski definition) is 3. The van der Waals surface area contributed by atoms with E-state index in [2.05, 4.69) is 84.9 Å². The Morgan fingerprint density at radius 2 is 0.627 bits per heavy atom. The van der Waals surface area contributed by atoms with E-state index < -0.39 is 0 Å². The van der Waals surface area contributed by atoms with Crippen molar-refractivity contribution in [1.29, 1.82) is 0 Å². The molecule has 8 rings (SSSR count). The van der Waals surface area contributed by atoms with Crippen molar-refractivity contribution in [2.24, 2.45) is 0 Å². The fraction of sp³-hybridized carbons (Fsp3) is 0. The van der Waals surface area contributed by atoms with Gasteiger partial charge in [-0.1, -0.05) is 140 Å². The van der Waals surface area contributed by atoms with Crippen molar-refractivity contribution in [3.05, 3.63) is 206 Å². The van der Waals surface area contributed by atoms with Crippen molar-refractivity contribution in [1.82, 2.24) is 0 Å². The first-order valence-electron chi connectivity index (χ1n) is 17.0. The highest BCUT2D eigenvalue weighted by molar-refractivity contribution is 5.80. The molecule has 51 heavy (non-hydrogen) atoms. The molecule has 244 valence electrons. The molecule has 0 atom stereocenters. The summed E-state index contributed by atoms with van der Waals surface area (Å²) in [5, 5.41) is 0. The Hall–Kier alpha value is -6.84. The molecule has 3 nitrogen and oxygen atoms in total. The summed E-state index contributed by atoms with van der Waals surface area (Å²) >= 11 is 0. The molecule has 0 N–H and O–H groups in total. The van der Waals surface area contributed by atoms with E-state index >= 15 is 0 Å². The van der Waals surface area contributed by atoms with Crippen LogP contribution in [-0.2, 0) is 0 Å². The Labute approximate surface area is 298 Å². The Morgan fingerprint density at radius 1 is 0.216 bits per heavy atom. The largest absolute Gasteiger partial charge is 0.457 e. The predicted molar refractivity (Wildman–Crippen MR) is 208 cm³/mol. The van der Waals surface area contributed by atoms with Gasteiger partial charge in [0.1, 0.15) is 34.5 Å². The Bertz CT molecular complexity index is 2370. The van der Waals surface area contributed by atoms with Crippen LogP contribution in [0.15, 0.2) is 206 Å². The predicted octanol–water partition coefficient (Wildman–Crippen LogP) is 13.7. The lowest BCUT2D eigenvalue weighted by Gasteiger charge is -2.17. The maximum absolute atomic E-state index is 6.62. The second-order valence-electron chi connectivity index (χ2n) is 12.1. The van der Waals surface area contributed by atoms with Gasteiger partial charge in [-0.05, 0) is 100 Å². The highest BCUT2D eigenvalue weighted by Crippen LogP contribution is 2.42. The molecule has 8 aromatic rings. The first-order valence-corrected chi connectivity index (χ1v) is 17.0. The van der Waals surface area contributed by atoms with E-state index in [1.807, 2.05) is 121 Å². The number of rotatable bonds is 10. The van der Waals surface area contributed by atoms with Crippen LogP contribution in [0.1, 0.15) is 0 Å². The summed E-state index contributed by atoms with van der Waals surface area (Å²) in [4.78, 5) is 0. The molecule has 0 aliphatic carbocycles. The molecule has 0 unspecified atom stereocenters. The number of para-hydroxylation sites is 2. The minimum absolute atomic E-state index is 0.738. The Balaban J connectivity index is 1.04. The Kier molecular flexibility index (Phi) is 9.08. The van der Waals surface area contributed by atoms with Crippen LogP contribution in [0.2, 0.25) is 0 Å². The second-order valence-corrected chi connectivity index (χ2v) is 12.1. The van der Waals surface area contributed by atoms with Crippen molar-refractivity contribution in [2.75, 3.05) is 0 Å². The van der Waals surface area contributed by atoms with Crippen LogP contribution in [0.5, 0.6) is 34.5 Å². The van der Waals surface area contributed by atoms with Gasteiger partial charge in [0.2, 0.25) is 0 Å². The molecule has 3 heteroatoms. The van der Waals surface area contributed by atoms with Crippen molar-refractivity contribution >= 4 is 0 Å². The van der Waals surface area contributed by atoms with E-state index in [1.54, 1.807) is 0 Å². The monoisotopic (exact) mass is 658 g/mol. The quantitative estimate of drug-likeness (QED) is 0.146. The molecular weight excluding hydrogens is 625 g/mol. The zero-order chi connectivity index (χ0) is 34.2. The van der Waals surface area contributed by atoms with Gasteiger partial charge in [-0.25, -0.2) is 0 Å². The summed E-state index contributed by atoms with van der Waals surface area (Å²) < 4.78 is 19.4. The van der Waals surface area contributed by atoms with Gasteiger partial charge in [0.15, 0.2) is 0 Å². The van der Waals surface area contributed by atoms with Crippen LogP contribution in [0.25, 0.3) is 44.5 Å². The highest BCUT2D eigenvalue weighted by Gasteiger charge is 2.15. The first kappa shape index (κ1) is 31.4. The molecule has 0 amide bonds. The zero-order valence-electron chi connectivity index (χ0n) is 27.9. The van der Waals surface area contributed by atoms with Crippen molar-refractivity contribution < 1.29 is 14.2 Å².